The SMILES string of the molecule is Cc1cc2c(cc1Cl)C(=O)CC1(CCN(C(=O)c3ccc(C(F)(F)F)cc3)CC1)O2. The van der Waals surface area contributed by atoms with Crippen LogP contribution in [0.25, 0.3) is 0 Å². The largest absolute Gasteiger partial charge is 0.486 e. The quantitative estimate of drug-likeness (QED) is 0.607. The van der Waals surface area contributed by atoms with Crippen LogP contribution in [0.15, 0.2) is 36.4 Å². The summed E-state index contributed by atoms with van der Waals surface area (Å²) in [6.45, 7) is 2.55. The van der Waals surface area contributed by atoms with Crippen molar-refractivity contribution in [1.29, 1.82) is 0 Å². The van der Waals surface area contributed by atoms with Gasteiger partial charge in [0.25, 0.3) is 5.91 Å². The molecule has 1 fully saturated rings. The zero-order valence-electron chi connectivity index (χ0n) is 16.2. The highest BCUT2D eigenvalue weighted by molar-refractivity contribution is 6.31. The topological polar surface area (TPSA) is 46.6 Å². The van der Waals surface area contributed by atoms with Gasteiger partial charge < -0.3 is 9.64 Å². The molecule has 2 aliphatic heterocycles. The highest BCUT2D eigenvalue weighted by Gasteiger charge is 2.44. The third-order valence-corrected chi connectivity index (χ3v) is 6.20. The van der Waals surface area contributed by atoms with E-state index in [1.165, 1.54) is 12.1 Å². The number of piperidine rings is 1. The molecule has 0 radical (unpaired) electrons. The van der Waals surface area contributed by atoms with Gasteiger partial charge in [-0.3, -0.25) is 9.59 Å². The van der Waals surface area contributed by atoms with E-state index in [1.54, 1.807) is 17.0 Å². The highest BCUT2D eigenvalue weighted by Crippen LogP contribution is 2.41. The molecule has 1 saturated heterocycles. The molecule has 1 amide bonds. The van der Waals surface area contributed by atoms with E-state index in [2.05, 4.69) is 0 Å². The van der Waals surface area contributed by atoms with E-state index in [0.717, 1.165) is 17.7 Å². The van der Waals surface area contributed by atoms with Crippen LogP contribution >= 0.6 is 11.6 Å². The van der Waals surface area contributed by atoms with Crippen molar-refractivity contribution in [2.45, 2.75) is 38.0 Å². The minimum Gasteiger partial charge on any atom is -0.486 e. The number of carbonyl (C=O) groups is 2. The molecule has 0 N–H and O–H groups in total. The molecule has 4 rings (SSSR count). The molecule has 4 nitrogen and oxygen atoms in total. The Kier molecular flexibility index (Phi) is 5.04. The van der Waals surface area contributed by atoms with Gasteiger partial charge in [-0.25, -0.2) is 0 Å². The number of hydrogen-bond acceptors (Lipinski definition) is 3. The first-order chi connectivity index (χ1) is 14.1. The number of rotatable bonds is 1. The maximum Gasteiger partial charge on any atom is 0.416 e. The highest BCUT2D eigenvalue weighted by atomic mass is 35.5. The van der Waals surface area contributed by atoms with Crippen LogP contribution in [0, 0.1) is 6.92 Å². The van der Waals surface area contributed by atoms with Crippen molar-refractivity contribution in [3.63, 3.8) is 0 Å². The first kappa shape index (κ1) is 20.7. The van der Waals surface area contributed by atoms with Gasteiger partial charge in [0.2, 0.25) is 0 Å². The van der Waals surface area contributed by atoms with Crippen molar-refractivity contribution in [3.8, 4) is 5.75 Å². The van der Waals surface area contributed by atoms with E-state index in [-0.39, 0.29) is 23.7 Å². The van der Waals surface area contributed by atoms with Gasteiger partial charge in [0.1, 0.15) is 11.4 Å². The van der Waals surface area contributed by atoms with Crippen molar-refractivity contribution >= 4 is 23.3 Å². The summed E-state index contributed by atoms with van der Waals surface area (Å²) < 4.78 is 44.4. The first-order valence-electron chi connectivity index (χ1n) is 9.57. The molecular weight excluding hydrogens is 419 g/mol. The third-order valence-electron chi connectivity index (χ3n) is 5.79. The Morgan fingerprint density at radius 1 is 1.13 bits per heavy atom. The van der Waals surface area contributed by atoms with Crippen LogP contribution in [0.3, 0.4) is 0 Å². The number of likely N-dealkylation sites (tertiary alicyclic amines) is 1. The number of Topliss-reactive ketones (excluding diaryl/α,β-unsaturated/α-hetero) is 1. The van der Waals surface area contributed by atoms with E-state index >= 15 is 0 Å². The first-order valence-corrected chi connectivity index (χ1v) is 9.95. The molecule has 2 aromatic carbocycles. The van der Waals surface area contributed by atoms with Crippen molar-refractivity contribution in [2.24, 2.45) is 0 Å². The molecular formula is C22H19ClF3NO3. The number of aryl methyl sites for hydroxylation is 1. The summed E-state index contributed by atoms with van der Waals surface area (Å²) >= 11 is 6.12. The number of hydrogen-bond donors (Lipinski definition) is 0. The van der Waals surface area contributed by atoms with Gasteiger partial charge in [0.15, 0.2) is 5.78 Å². The second-order valence-corrected chi connectivity index (χ2v) is 8.26. The van der Waals surface area contributed by atoms with Crippen LogP contribution in [0.5, 0.6) is 5.75 Å². The molecule has 8 heteroatoms. The molecule has 2 aromatic rings. The second kappa shape index (κ2) is 7.30. The third kappa shape index (κ3) is 3.78. The van der Waals surface area contributed by atoms with Gasteiger partial charge in [0.05, 0.1) is 17.5 Å². The smallest absolute Gasteiger partial charge is 0.416 e. The number of amides is 1. The number of carbonyl (C=O) groups excluding carboxylic acids is 2. The molecule has 0 bridgehead atoms. The number of ketones is 1. The fourth-order valence-electron chi connectivity index (χ4n) is 4.00. The Balaban J connectivity index is 1.46. The predicted molar refractivity (Wildman–Crippen MR) is 105 cm³/mol. The Bertz CT molecular complexity index is 1010. The summed E-state index contributed by atoms with van der Waals surface area (Å²) in [7, 11) is 0. The molecule has 2 aliphatic rings. The van der Waals surface area contributed by atoms with Crippen molar-refractivity contribution in [2.75, 3.05) is 13.1 Å². The standard InChI is InChI=1S/C22H19ClF3NO3/c1-13-10-19-16(11-17(13)23)18(28)12-21(30-19)6-8-27(9-7-21)20(29)14-2-4-15(5-3-14)22(24,25)26/h2-5,10-11H,6-9,12H2,1H3. The molecule has 1 spiro atoms. The number of nitrogens with zero attached hydrogens (tertiary/aromatic N) is 1. The zero-order valence-corrected chi connectivity index (χ0v) is 16.9. The normalized spacial score (nSPS) is 18.2. The molecule has 2 heterocycles. The lowest BCUT2D eigenvalue weighted by Gasteiger charge is -2.44. The van der Waals surface area contributed by atoms with E-state index in [0.29, 0.717) is 42.3 Å². The van der Waals surface area contributed by atoms with Gasteiger partial charge in [-0.15, -0.1) is 0 Å². The molecule has 0 aromatic heterocycles. The van der Waals surface area contributed by atoms with Gasteiger partial charge in [-0.1, -0.05) is 11.6 Å². The average Bonchev–Trinajstić information content (AvgIpc) is 2.69. The van der Waals surface area contributed by atoms with E-state index in [9.17, 15) is 22.8 Å². The number of halogens is 4. The van der Waals surface area contributed by atoms with Crippen LogP contribution in [-0.4, -0.2) is 35.3 Å². The second-order valence-electron chi connectivity index (χ2n) is 7.85. The Hall–Kier alpha value is -2.54. The number of ether oxygens (including phenoxy) is 1. The molecule has 0 unspecified atom stereocenters. The lowest BCUT2D eigenvalue weighted by molar-refractivity contribution is -0.137. The minimum absolute atomic E-state index is 0.0411. The van der Waals surface area contributed by atoms with Crippen LogP contribution in [0.2, 0.25) is 5.02 Å². The monoisotopic (exact) mass is 437 g/mol. The Morgan fingerprint density at radius 3 is 2.37 bits per heavy atom. The van der Waals surface area contributed by atoms with E-state index in [4.69, 9.17) is 16.3 Å². The summed E-state index contributed by atoms with van der Waals surface area (Å²) in [5, 5.41) is 0.513. The molecule has 0 atom stereocenters. The fourth-order valence-corrected chi connectivity index (χ4v) is 4.16. The fraction of sp³-hybridized carbons (Fsp3) is 0.364. The number of fused-ring (bicyclic) bond motifs is 1. The van der Waals surface area contributed by atoms with E-state index < -0.39 is 17.3 Å². The summed E-state index contributed by atoms with van der Waals surface area (Å²) in [4.78, 5) is 26.9. The summed E-state index contributed by atoms with van der Waals surface area (Å²) in [5.41, 5.74) is 0.0195. The van der Waals surface area contributed by atoms with E-state index in [1.807, 2.05) is 6.92 Å². The summed E-state index contributed by atoms with van der Waals surface area (Å²) in [6, 6.07) is 7.59. The summed E-state index contributed by atoms with van der Waals surface area (Å²) in [5.74, 6) is 0.139. The van der Waals surface area contributed by atoms with Gasteiger partial charge in [-0.2, -0.15) is 13.2 Å². The van der Waals surface area contributed by atoms with Gasteiger partial charge >= 0.3 is 6.18 Å². The number of alkyl halides is 3. The zero-order chi connectivity index (χ0) is 21.7. The van der Waals surface area contributed by atoms with Gasteiger partial charge in [0, 0.05) is 36.5 Å². The van der Waals surface area contributed by atoms with Crippen LogP contribution < -0.4 is 4.74 Å². The van der Waals surface area contributed by atoms with Gasteiger partial charge in [-0.05, 0) is 48.9 Å². The van der Waals surface area contributed by atoms with Crippen molar-refractivity contribution < 1.29 is 27.5 Å². The number of benzene rings is 2. The van der Waals surface area contributed by atoms with Crippen LogP contribution in [0.4, 0.5) is 13.2 Å². The molecule has 0 saturated carbocycles. The van der Waals surface area contributed by atoms with Crippen LogP contribution in [0.1, 0.15) is 51.1 Å². The van der Waals surface area contributed by atoms with Crippen molar-refractivity contribution in [1.82, 2.24) is 4.90 Å². The minimum atomic E-state index is -4.44. The molecule has 0 aliphatic carbocycles. The van der Waals surface area contributed by atoms with Crippen molar-refractivity contribution in [3.05, 3.63) is 63.7 Å². The Labute approximate surface area is 176 Å². The lowest BCUT2D eigenvalue weighted by Crippen LogP contribution is -2.52. The maximum atomic E-state index is 12.7. The predicted octanol–water partition coefficient (Wildman–Crippen LogP) is 5.31. The maximum absolute atomic E-state index is 12.7. The summed E-state index contributed by atoms with van der Waals surface area (Å²) in [6.07, 6.45) is -3.30. The molecule has 158 valence electrons. The van der Waals surface area contributed by atoms with Crippen LogP contribution in [-0.2, 0) is 6.18 Å². The lowest BCUT2D eigenvalue weighted by atomic mass is 9.82. The average molecular weight is 438 g/mol. The molecule has 30 heavy (non-hydrogen) atoms. The Morgan fingerprint density at radius 2 is 1.77 bits per heavy atom.